The fourth-order valence-corrected chi connectivity index (χ4v) is 0.780. The molecule has 0 heterocycles. The van der Waals surface area contributed by atoms with E-state index < -0.39 is 0 Å². The number of aliphatic hydroxyl groups is 1. The van der Waals surface area contributed by atoms with Gasteiger partial charge >= 0.3 is 0 Å². The third kappa shape index (κ3) is 7.50. The van der Waals surface area contributed by atoms with Gasteiger partial charge in [0.05, 0.1) is 0 Å². The van der Waals surface area contributed by atoms with Crippen LogP contribution < -0.4 is 0 Å². The van der Waals surface area contributed by atoms with Gasteiger partial charge in [-0.3, -0.25) is 0 Å². The molecule has 0 aliphatic rings. The molecular formula is C12H19FO. The molecule has 0 radical (unpaired) electrons. The second-order valence-electron chi connectivity index (χ2n) is 2.10. The van der Waals surface area contributed by atoms with Gasteiger partial charge in [0.1, 0.15) is 5.82 Å². The summed E-state index contributed by atoms with van der Waals surface area (Å²) in [6.07, 6.45) is 0.597. The van der Waals surface area contributed by atoms with Crippen LogP contribution in [0.3, 0.4) is 0 Å². The summed E-state index contributed by atoms with van der Waals surface area (Å²) in [7, 11) is 0. The summed E-state index contributed by atoms with van der Waals surface area (Å²) < 4.78 is 12.3. The van der Waals surface area contributed by atoms with E-state index in [-0.39, 0.29) is 12.4 Å². The van der Waals surface area contributed by atoms with Crippen LogP contribution in [0.1, 0.15) is 19.4 Å². The van der Waals surface area contributed by atoms with Crippen LogP contribution in [0.15, 0.2) is 37.4 Å². The molecule has 0 aliphatic heterocycles. The highest BCUT2D eigenvalue weighted by Crippen LogP contribution is 2.02. The maximum atomic E-state index is 12.3. The van der Waals surface area contributed by atoms with Gasteiger partial charge in [0.2, 0.25) is 0 Å². The number of rotatable bonds is 2. The van der Waals surface area contributed by atoms with Crippen molar-refractivity contribution in [2.45, 2.75) is 20.3 Å². The molecule has 0 aromatic heterocycles. The SMILES string of the molecule is C=C.CC.OCCc1ccc(F)cc1. The van der Waals surface area contributed by atoms with E-state index in [0.717, 1.165) is 5.56 Å². The van der Waals surface area contributed by atoms with Crippen LogP contribution in [0.4, 0.5) is 4.39 Å². The smallest absolute Gasteiger partial charge is 0.123 e. The Morgan fingerprint density at radius 2 is 1.57 bits per heavy atom. The first-order chi connectivity index (χ1) is 6.83. The van der Waals surface area contributed by atoms with Crippen LogP contribution in [-0.4, -0.2) is 11.7 Å². The Kier molecular flexibility index (Phi) is 13.0. The molecule has 1 N–H and O–H groups in total. The van der Waals surface area contributed by atoms with E-state index in [4.69, 9.17) is 5.11 Å². The minimum atomic E-state index is -0.235. The zero-order valence-electron chi connectivity index (χ0n) is 8.96. The van der Waals surface area contributed by atoms with Crippen molar-refractivity contribution in [1.82, 2.24) is 0 Å². The van der Waals surface area contributed by atoms with Crippen LogP contribution in [0, 0.1) is 5.82 Å². The molecule has 1 aromatic rings. The Morgan fingerprint density at radius 1 is 1.14 bits per heavy atom. The van der Waals surface area contributed by atoms with E-state index in [1.807, 2.05) is 13.8 Å². The van der Waals surface area contributed by atoms with Crippen molar-refractivity contribution >= 4 is 0 Å². The zero-order valence-corrected chi connectivity index (χ0v) is 8.96. The molecule has 0 aliphatic carbocycles. The maximum absolute atomic E-state index is 12.3. The summed E-state index contributed by atoms with van der Waals surface area (Å²) in [4.78, 5) is 0. The Labute approximate surface area is 85.9 Å². The average Bonchev–Trinajstić information content (AvgIpc) is 2.28. The Balaban J connectivity index is 0. The van der Waals surface area contributed by atoms with E-state index in [9.17, 15) is 4.39 Å². The van der Waals surface area contributed by atoms with E-state index in [1.54, 1.807) is 12.1 Å². The molecule has 0 spiro atoms. The topological polar surface area (TPSA) is 20.2 Å². The molecule has 0 fully saturated rings. The molecule has 1 nitrogen and oxygen atoms in total. The lowest BCUT2D eigenvalue weighted by atomic mass is 10.2. The lowest BCUT2D eigenvalue weighted by Crippen LogP contribution is -1.89. The van der Waals surface area contributed by atoms with Crippen molar-refractivity contribution < 1.29 is 9.50 Å². The van der Waals surface area contributed by atoms with E-state index in [0.29, 0.717) is 6.42 Å². The van der Waals surface area contributed by atoms with Crippen LogP contribution in [0.5, 0.6) is 0 Å². The largest absolute Gasteiger partial charge is 0.396 e. The molecule has 1 aromatic carbocycles. The molecule has 1 rings (SSSR count). The predicted octanol–water partition coefficient (Wildman–Crippen LogP) is 3.19. The molecule has 80 valence electrons. The van der Waals surface area contributed by atoms with Gasteiger partial charge in [0.15, 0.2) is 0 Å². The van der Waals surface area contributed by atoms with Gasteiger partial charge < -0.3 is 5.11 Å². The number of benzene rings is 1. The molecule has 0 saturated heterocycles. The highest BCUT2D eigenvalue weighted by molar-refractivity contribution is 5.15. The van der Waals surface area contributed by atoms with Gasteiger partial charge in [-0.05, 0) is 24.1 Å². The minimum absolute atomic E-state index is 0.117. The van der Waals surface area contributed by atoms with Gasteiger partial charge in [-0.25, -0.2) is 4.39 Å². The zero-order chi connectivity index (χ0) is 11.4. The number of aliphatic hydroxyl groups excluding tert-OH is 1. The van der Waals surface area contributed by atoms with E-state index in [2.05, 4.69) is 13.2 Å². The highest BCUT2D eigenvalue weighted by Gasteiger charge is 1.90. The monoisotopic (exact) mass is 198 g/mol. The normalized spacial score (nSPS) is 7.71. The van der Waals surface area contributed by atoms with E-state index in [1.165, 1.54) is 12.1 Å². The molecule has 0 atom stereocenters. The second kappa shape index (κ2) is 11.8. The van der Waals surface area contributed by atoms with Crippen molar-refractivity contribution in [2.24, 2.45) is 0 Å². The van der Waals surface area contributed by atoms with Crippen molar-refractivity contribution in [2.75, 3.05) is 6.61 Å². The molecule has 2 heteroatoms. The van der Waals surface area contributed by atoms with Crippen molar-refractivity contribution in [3.05, 3.63) is 48.8 Å². The quantitative estimate of drug-likeness (QED) is 0.723. The first-order valence-electron chi connectivity index (χ1n) is 4.68. The summed E-state index contributed by atoms with van der Waals surface area (Å²) in [6.45, 7) is 10.1. The fourth-order valence-electron chi connectivity index (χ4n) is 0.780. The fraction of sp³-hybridized carbons (Fsp3) is 0.333. The van der Waals surface area contributed by atoms with Crippen LogP contribution in [0.25, 0.3) is 0 Å². The molecule has 0 bridgehead atoms. The highest BCUT2D eigenvalue weighted by atomic mass is 19.1. The lowest BCUT2D eigenvalue weighted by Gasteiger charge is -1.95. The third-order valence-corrected chi connectivity index (χ3v) is 1.31. The Bertz CT molecular complexity index is 206. The molecule has 0 unspecified atom stereocenters. The molecular weight excluding hydrogens is 179 g/mol. The molecule has 0 amide bonds. The van der Waals surface area contributed by atoms with Crippen LogP contribution >= 0.6 is 0 Å². The number of hydrogen-bond donors (Lipinski definition) is 1. The standard InChI is InChI=1S/C8H9FO.C2H6.C2H4/c9-8-3-1-7(2-4-8)5-6-10;2*1-2/h1-4,10H,5-6H2;1-2H3;1-2H2. The van der Waals surface area contributed by atoms with Crippen LogP contribution in [-0.2, 0) is 6.42 Å². The predicted molar refractivity (Wildman–Crippen MR) is 59.8 cm³/mol. The van der Waals surface area contributed by atoms with E-state index >= 15 is 0 Å². The third-order valence-electron chi connectivity index (χ3n) is 1.31. The van der Waals surface area contributed by atoms with Crippen molar-refractivity contribution in [1.29, 1.82) is 0 Å². The first-order valence-corrected chi connectivity index (χ1v) is 4.68. The Morgan fingerprint density at radius 3 is 1.93 bits per heavy atom. The van der Waals surface area contributed by atoms with Crippen molar-refractivity contribution in [3.63, 3.8) is 0 Å². The van der Waals surface area contributed by atoms with Crippen molar-refractivity contribution in [3.8, 4) is 0 Å². The molecule has 14 heavy (non-hydrogen) atoms. The summed E-state index contributed by atoms with van der Waals surface area (Å²) in [5.74, 6) is -0.235. The average molecular weight is 198 g/mol. The minimum Gasteiger partial charge on any atom is -0.396 e. The molecule has 0 saturated carbocycles. The van der Waals surface area contributed by atoms with Gasteiger partial charge in [-0.15, -0.1) is 13.2 Å². The Hall–Kier alpha value is -1.15. The summed E-state index contributed by atoms with van der Waals surface area (Å²) >= 11 is 0. The number of hydrogen-bond acceptors (Lipinski definition) is 1. The first kappa shape index (κ1) is 15.3. The van der Waals surface area contributed by atoms with Crippen LogP contribution in [0.2, 0.25) is 0 Å². The number of halogens is 1. The van der Waals surface area contributed by atoms with Gasteiger partial charge in [0.25, 0.3) is 0 Å². The summed E-state index contributed by atoms with van der Waals surface area (Å²) in [6, 6.07) is 6.13. The van der Waals surface area contributed by atoms with Gasteiger partial charge in [-0.1, -0.05) is 26.0 Å². The van der Waals surface area contributed by atoms with Gasteiger partial charge in [0, 0.05) is 6.61 Å². The summed E-state index contributed by atoms with van der Waals surface area (Å²) in [5, 5.41) is 8.50. The second-order valence-corrected chi connectivity index (χ2v) is 2.10. The summed E-state index contributed by atoms with van der Waals surface area (Å²) in [5.41, 5.74) is 0.962. The maximum Gasteiger partial charge on any atom is 0.123 e. The lowest BCUT2D eigenvalue weighted by molar-refractivity contribution is 0.299. The van der Waals surface area contributed by atoms with Gasteiger partial charge in [-0.2, -0.15) is 0 Å².